The molecule has 6 aromatic heterocycles. The Kier molecular flexibility index (Phi) is 7.69. The molecule has 14 aromatic rings. The number of aromatic nitrogens is 6. The van der Waals surface area contributed by atoms with E-state index in [2.05, 4.69) is 232 Å². The molecule has 7 heteroatoms. The van der Waals surface area contributed by atoms with Crippen LogP contribution in [0.1, 0.15) is 22.3 Å². The Balaban J connectivity index is 0.876. The van der Waals surface area contributed by atoms with Gasteiger partial charge in [0.25, 0.3) is 0 Å². The van der Waals surface area contributed by atoms with Crippen LogP contribution in [0, 0.1) is 0 Å². The Morgan fingerprint density at radius 3 is 1.51 bits per heavy atom. The number of para-hydroxylation sites is 6. The van der Waals surface area contributed by atoms with Crippen molar-refractivity contribution in [1.29, 1.82) is 0 Å². The van der Waals surface area contributed by atoms with Crippen LogP contribution in [0.15, 0.2) is 231 Å². The van der Waals surface area contributed by atoms with Gasteiger partial charge in [-0.1, -0.05) is 133 Å². The molecule has 1 aliphatic heterocycles. The molecule has 1 aliphatic carbocycles. The van der Waals surface area contributed by atoms with E-state index in [0.717, 1.165) is 117 Å². The van der Waals surface area contributed by atoms with Crippen LogP contribution in [0.25, 0.3) is 105 Å². The minimum absolute atomic E-state index is 0.751. The summed E-state index contributed by atoms with van der Waals surface area (Å²) in [5, 5.41) is 7.15. The average molecular weight is 907 g/mol. The van der Waals surface area contributed by atoms with Gasteiger partial charge in [0.1, 0.15) is 23.1 Å². The highest BCUT2D eigenvalue weighted by atomic mass is 16.5. The van der Waals surface area contributed by atoms with Crippen LogP contribution < -0.4 is 4.74 Å². The Bertz CT molecular complexity index is 4490. The van der Waals surface area contributed by atoms with E-state index in [1.807, 2.05) is 12.4 Å². The molecule has 1 spiro atoms. The van der Waals surface area contributed by atoms with E-state index in [1.54, 1.807) is 0 Å². The van der Waals surface area contributed by atoms with Crippen molar-refractivity contribution in [2.45, 2.75) is 5.41 Å². The van der Waals surface area contributed by atoms with Crippen molar-refractivity contribution in [3.63, 3.8) is 0 Å². The highest BCUT2D eigenvalue weighted by Gasteiger charge is 2.52. The largest absolute Gasteiger partial charge is 0.457 e. The molecule has 0 radical (unpaired) electrons. The minimum atomic E-state index is -0.751. The van der Waals surface area contributed by atoms with E-state index in [9.17, 15) is 0 Å². The standard InChI is InChI=1S/C64H38N6O/c1-7-22-52-42(15-1)43-16-2-8-23-53(43)68(52)41-31-32-49-59(37-41)71-58-27-12-6-20-48(58)64(49)50-21-14-34-65-62(50)63-51(64)36-40(38-66-63)39-30-33-57-47(35-39)46-19-5-11-26-56(46)70(57)61-29-13-28-60(67-61)69-54-24-9-3-17-44(54)45-18-4-10-25-55(45)69/h1-38H. The van der Waals surface area contributed by atoms with Gasteiger partial charge in [0.2, 0.25) is 0 Å². The fourth-order valence-corrected chi connectivity index (χ4v) is 12.3. The summed E-state index contributed by atoms with van der Waals surface area (Å²) < 4.78 is 13.9. The van der Waals surface area contributed by atoms with Gasteiger partial charge in [-0.2, -0.15) is 0 Å². The molecule has 2 aliphatic rings. The molecule has 0 saturated heterocycles. The highest BCUT2D eigenvalue weighted by molar-refractivity contribution is 6.12. The van der Waals surface area contributed by atoms with Crippen LogP contribution in [-0.4, -0.2) is 28.7 Å². The minimum Gasteiger partial charge on any atom is -0.457 e. The number of fused-ring (bicyclic) bond motifs is 18. The third-order valence-electron chi connectivity index (χ3n) is 15.2. The average Bonchev–Trinajstić information content (AvgIpc) is 4.16. The SMILES string of the molecule is c1cc(-n2c3ccccc3c3ccccc32)nc(-n2c3ccccc3c3cc(-c4cnc5c(c4)C4(c6ccccc6Oc6cc(-n7c8ccccc8c8ccccc87)ccc64)c4cccnc4-5)ccc32)c1. The third-order valence-corrected chi connectivity index (χ3v) is 15.2. The lowest BCUT2D eigenvalue weighted by Crippen LogP contribution is -2.32. The molecule has 8 aromatic carbocycles. The summed E-state index contributed by atoms with van der Waals surface area (Å²) >= 11 is 0. The van der Waals surface area contributed by atoms with Crippen molar-refractivity contribution in [3.8, 4) is 51.3 Å². The predicted octanol–water partition coefficient (Wildman–Crippen LogP) is 15.3. The maximum Gasteiger partial charge on any atom is 0.140 e. The van der Waals surface area contributed by atoms with Crippen LogP contribution in [0.4, 0.5) is 0 Å². The van der Waals surface area contributed by atoms with Gasteiger partial charge in [0.15, 0.2) is 0 Å². The van der Waals surface area contributed by atoms with Gasteiger partial charge < -0.3 is 9.30 Å². The summed E-state index contributed by atoms with van der Waals surface area (Å²) in [7, 11) is 0. The second-order valence-electron chi connectivity index (χ2n) is 18.7. The topological polar surface area (TPSA) is 62.7 Å². The molecule has 0 amide bonds. The van der Waals surface area contributed by atoms with Crippen molar-refractivity contribution in [2.24, 2.45) is 0 Å². The Morgan fingerprint density at radius 1 is 0.338 bits per heavy atom. The zero-order valence-electron chi connectivity index (χ0n) is 38.0. The van der Waals surface area contributed by atoms with Gasteiger partial charge in [0, 0.05) is 78.7 Å². The van der Waals surface area contributed by atoms with Crippen molar-refractivity contribution in [3.05, 3.63) is 253 Å². The van der Waals surface area contributed by atoms with Crippen molar-refractivity contribution >= 4 is 65.4 Å². The van der Waals surface area contributed by atoms with Gasteiger partial charge in [-0.15, -0.1) is 0 Å². The van der Waals surface area contributed by atoms with Crippen LogP contribution in [-0.2, 0) is 5.41 Å². The summed E-state index contributed by atoms with van der Waals surface area (Å²) in [6.45, 7) is 0. The number of hydrogen-bond donors (Lipinski definition) is 0. The monoisotopic (exact) mass is 906 g/mol. The molecule has 71 heavy (non-hydrogen) atoms. The summed E-state index contributed by atoms with van der Waals surface area (Å²) in [4.78, 5) is 15.8. The number of rotatable bonds is 4. The first kappa shape index (κ1) is 38.4. The molecule has 1 unspecified atom stereocenters. The molecule has 0 N–H and O–H groups in total. The van der Waals surface area contributed by atoms with Gasteiger partial charge in [-0.25, -0.2) is 4.98 Å². The zero-order valence-corrected chi connectivity index (χ0v) is 38.0. The summed E-state index contributed by atoms with van der Waals surface area (Å²) in [6, 6.07) is 78.1. The van der Waals surface area contributed by atoms with Crippen LogP contribution in [0.5, 0.6) is 11.5 Å². The number of hydrogen-bond acceptors (Lipinski definition) is 4. The summed E-state index contributed by atoms with van der Waals surface area (Å²) in [6.07, 6.45) is 3.90. The van der Waals surface area contributed by atoms with Crippen molar-refractivity contribution in [1.82, 2.24) is 28.7 Å². The van der Waals surface area contributed by atoms with Crippen LogP contribution >= 0.6 is 0 Å². The maximum absolute atomic E-state index is 7.00. The van der Waals surface area contributed by atoms with Gasteiger partial charge in [0.05, 0.1) is 49.9 Å². The smallest absolute Gasteiger partial charge is 0.140 e. The Morgan fingerprint density at radius 2 is 0.859 bits per heavy atom. The van der Waals surface area contributed by atoms with Gasteiger partial charge in [-0.05, 0) is 90.0 Å². The van der Waals surface area contributed by atoms with E-state index in [4.69, 9.17) is 19.7 Å². The zero-order chi connectivity index (χ0) is 46.4. The van der Waals surface area contributed by atoms with E-state index in [0.29, 0.717) is 0 Å². The second kappa shape index (κ2) is 14.2. The first-order valence-electron chi connectivity index (χ1n) is 24.1. The fourth-order valence-electron chi connectivity index (χ4n) is 12.3. The fraction of sp³-hybridized carbons (Fsp3) is 0.0156. The second-order valence-corrected chi connectivity index (χ2v) is 18.7. The molecule has 0 saturated carbocycles. The number of pyridine rings is 3. The van der Waals surface area contributed by atoms with Crippen molar-refractivity contribution in [2.75, 3.05) is 0 Å². The molecule has 7 nitrogen and oxygen atoms in total. The highest BCUT2D eigenvalue weighted by Crippen LogP contribution is 2.62. The lowest BCUT2D eigenvalue weighted by Gasteiger charge is -2.39. The lowest BCUT2D eigenvalue weighted by molar-refractivity contribution is 0.436. The molecule has 16 rings (SSSR count). The first-order valence-corrected chi connectivity index (χ1v) is 24.1. The molecule has 7 heterocycles. The molecular weight excluding hydrogens is 869 g/mol. The third kappa shape index (κ3) is 5.13. The normalized spacial score (nSPS) is 14.6. The molecule has 1 atom stereocenters. The molecule has 0 fully saturated rings. The molecular formula is C64H38N6O. The van der Waals surface area contributed by atoms with E-state index in [1.165, 1.54) is 21.5 Å². The number of nitrogens with zero attached hydrogens (tertiary/aromatic N) is 6. The molecule has 0 bridgehead atoms. The maximum atomic E-state index is 7.00. The molecule has 330 valence electrons. The quantitative estimate of drug-likeness (QED) is 0.176. The lowest BCUT2D eigenvalue weighted by atomic mass is 9.66. The van der Waals surface area contributed by atoms with Crippen LogP contribution in [0.3, 0.4) is 0 Å². The number of ether oxygens (including phenoxy) is 1. The Hall–Kier alpha value is -9.59. The summed E-state index contributed by atoms with van der Waals surface area (Å²) in [5.41, 5.74) is 15.2. The van der Waals surface area contributed by atoms with Gasteiger partial charge >= 0.3 is 0 Å². The van der Waals surface area contributed by atoms with E-state index in [-0.39, 0.29) is 0 Å². The summed E-state index contributed by atoms with van der Waals surface area (Å²) in [5.74, 6) is 3.35. The van der Waals surface area contributed by atoms with Crippen molar-refractivity contribution < 1.29 is 4.74 Å². The Labute approximate surface area is 406 Å². The van der Waals surface area contributed by atoms with E-state index < -0.39 is 5.41 Å². The van der Waals surface area contributed by atoms with Gasteiger partial charge in [-0.3, -0.25) is 19.1 Å². The van der Waals surface area contributed by atoms with Crippen LogP contribution in [0.2, 0.25) is 0 Å². The predicted molar refractivity (Wildman–Crippen MR) is 286 cm³/mol. The number of benzene rings is 8. The van der Waals surface area contributed by atoms with E-state index >= 15 is 0 Å². The first-order chi connectivity index (χ1) is 35.2.